The minimum atomic E-state index is -0.990. The smallest absolute Gasteiger partial charge is 0.309 e. The predicted molar refractivity (Wildman–Crippen MR) is 152 cm³/mol. The zero-order valence-corrected chi connectivity index (χ0v) is 21.6. The minimum absolute atomic E-state index is 0.344. The highest BCUT2D eigenvalue weighted by atomic mass is 16.5. The normalized spacial score (nSPS) is 12.0. The maximum absolute atomic E-state index is 10.6. The summed E-state index contributed by atoms with van der Waals surface area (Å²) in [5, 5.41) is 12.7. The van der Waals surface area contributed by atoms with Gasteiger partial charge in [0.2, 0.25) is 0 Å². The van der Waals surface area contributed by atoms with Gasteiger partial charge in [-0.15, -0.1) is 0 Å². The van der Waals surface area contributed by atoms with Crippen LogP contribution in [-0.2, 0) is 4.65 Å². The minimum Gasteiger partial charge on any atom is -0.427 e. The summed E-state index contributed by atoms with van der Waals surface area (Å²) in [6, 6.07) is 32.4. The highest BCUT2D eigenvalue weighted by Gasteiger charge is 2.35. The van der Waals surface area contributed by atoms with Gasteiger partial charge in [-0.3, -0.25) is 0 Å². The SMILES string of the molecule is CC(C)(O)C(C)(C)OBc1cc(-c2nc(-c3ccccc3)nc(-c3ccccc3)n2)c2ccccc2c1. The van der Waals surface area contributed by atoms with Crippen LogP contribution in [0.4, 0.5) is 0 Å². The van der Waals surface area contributed by atoms with Gasteiger partial charge in [0, 0.05) is 16.7 Å². The summed E-state index contributed by atoms with van der Waals surface area (Å²) in [6.45, 7) is 7.33. The van der Waals surface area contributed by atoms with E-state index in [1.54, 1.807) is 13.8 Å². The third kappa shape index (κ3) is 5.31. The van der Waals surface area contributed by atoms with Gasteiger partial charge in [-0.05, 0) is 38.5 Å². The van der Waals surface area contributed by atoms with Crippen LogP contribution in [-0.4, -0.2) is 38.7 Å². The van der Waals surface area contributed by atoms with E-state index in [1.807, 2.05) is 86.6 Å². The summed E-state index contributed by atoms with van der Waals surface area (Å²) in [5.41, 5.74) is 2.03. The van der Waals surface area contributed by atoms with E-state index in [4.69, 9.17) is 19.6 Å². The van der Waals surface area contributed by atoms with Crippen molar-refractivity contribution in [3.8, 4) is 34.2 Å². The zero-order valence-electron chi connectivity index (χ0n) is 21.6. The number of rotatable bonds is 7. The summed E-state index contributed by atoms with van der Waals surface area (Å²) in [7, 11) is 0.344. The lowest BCUT2D eigenvalue weighted by atomic mass is 9.81. The second kappa shape index (κ2) is 9.89. The number of fused-ring (bicyclic) bond motifs is 1. The molecule has 0 aliphatic heterocycles. The third-order valence-electron chi connectivity index (χ3n) is 6.93. The second-order valence-corrected chi connectivity index (χ2v) is 10.3. The lowest BCUT2D eigenvalue weighted by Crippen LogP contribution is -2.49. The average molecular weight is 487 g/mol. The molecule has 5 nitrogen and oxygen atoms in total. The summed E-state index contributed by atoms with van der Waals surface area (Å²) in [6.07, 6.45) is 0. The molecule has 1 heterocycles. The number of hydrogen-bond acceptors (Lipinski definition) is 5. The molecule has 0 saturated carbocycles. The van der Waals surface area contributed by atoms with Crippen molar-refractivity contribution in [3.63, 3.8) is 0 Å². The van der Waals surface area contributed by atoms with Crippen molar-refractivity contribution >= 4 is 23.7 Å². The molecule has 0 saturated heterocycles. The molecule has 4 aromatic carbocycles. The monoisotopic (exact) mass is 487 g/mol. The number of aliphatic hydroxyl groups is 1. The third-order valence-corrected chi connectivity index (χ3v) is 6.93. The zero-order chi connectivity index (χ0) is 26.0. The number of hydrogen-bond donors (Lipinski definition) is 1. The Bertz CT molecular complexity index is 1470. The first-order valence-corrected chi connectivity index (χ1v) is 12.5. The van der Waals surface area contributed by atoms with Crippen molar-refractivity contribution in [2.75, 3.05) is 0 Å². The van der Waals surface area contributed by atoms with Crippen LogP contribution < -0.4 is 5.46 Å². The second-order valence-electron chi connectivity index (χ2n) is 10.3. The molecule has 0 aliphatic rings. The molecule has 0 bridgehead atoms. The average Bonchev–Trinajstić information content (AvgIpc) is 2.91. The molecule has 0 fully saturated rings. The van der Waals surface area contributed by atoms with Gasteiger partial charge in [-0.2, -0.15) is 0 Å². The predicted octanol–water partition coefficient (Wildman–Crippen LogP) is 5.57. The summed E-state index contributed by atoms with van der Waals surface area (Å²) in [5.74, 6) is 1.85. The lowest BCUT2D eigenvalue weighted by molar-refractivity contribution is -0.0893. The van der Waals surface area contributed by atoms with E-state index >= 15 is 0 Å². The maximum Gasteiger partial charge on any atom is 0.309 e. The largest absolute Gasteiger partial charge is 0.427 e. The Balaban J connectivity index is 1.67. The molecule has 0 spiro atoms. The van der Waals surface area contributed by atoms with E-state index in [0.29, 0.717) is 25.0 Å². The van der Waals surface area contributed by atoms with Crippen LogP contribution in [0.1, 0.15) is 27.7 Å². The fraction of sp³-hybridized carbons (Fsp3) is 0.194. The molecule has 0 radical (unpaired) electrons. The Hall–Kier alpha value is -3.87. The van der Waals surface area contributed by atoms with Crippen LogP contribution in [0.2, 0.25) is 0 Å². The lowest BCUT2D eigenvalue weighted by Gasteiger charge is -2.37. The molecular formula is C31H30BN3O2. The molecular weight excluding hydrogens is 457 g/mol. The molecule has 5 rings (SSSR count). The number of benzene rings is 4. The first kappa shape index (κ1) is 24.8. The molecule has 1 N–H and O–H groups in total. The van der Waals surface area contributed by atoms with Crippen LogP contribution in [0.25, 0.3) is 44.9 Å². The van der Waals surface area contributed by atoms with Gasteiger partial charge in [0.1, 0.15) is 0 Å². The highest BCUT2D eigenvalue weighted by molar-refractivity contribution is 6.48. The van der Waals surface area contributed by atoms with Gasteiger partial charge < -0.3 is 9.76 Å². The Morgan fingerprint density at radius 1 is 0.649 bits per heavy atom. The molecule has 0 amide bonds. The summed E-state index contributed by atoms with van der Waals surface area (Å²) < 4.78 is 6.20. The Morgan fingerprint density at radius 2 is 1.16 bits per heavy atom. The van der Waals surface area contributed by atoms with Crippen LogP contribution in [0.5, 0.6) is 0 Å². The Kier molecular flexibility index (Phi) is 6.63. The van der Waals surface area contributed by atoms with Gasteiger partial charge >= 0.3 is 7.48 Å². The van der Waals surface area contributed by atoms with Gasteiger partial charge in [-0.1, -0.05) is 103 Å². The Labute approximate surface area is 218 Å². The van der Waals surface area contributed by atoms with Crippen molar-refractivity contribution in [1.29, 1.82) is 0 Å². The van der Waals surface area contributed by atoms with E-state index in [0.717, 1.165) is 32.9 Å². The van der Waals surface area contributed by atoms with E-state index in [-0.39, 0.29) is 0 Å². The van der Waals surface area contributed by atoms with E-state index < -0.39 is 11.2 Å². The van der Waals surface area contributed by atoms with E-state index in [1.165, 1.54) is 0 Å². The van der Waals surface area contributed by atoms with Crippen molar-refractivity contribution in [2.45, 2.75) is 38.9 Å². The number of nitrogens with zero attached hydrogens (tertiary/aromatic N) is 3. The molecule has 1 aromatic heterocycles. The van der Waals surface area contributed by atoms with Gasteiger partial charge in [0.05, 0.1) is 11.2 Å². The van der Waals surface area contributed by atoms with Gasteiger partial charge in [0.25, 0.3) is 0 Å². The summed E-state index contributed by atoms with van der Waals surface area (Å²) >= 11 is 0. The molecule has 37 heavy (non-hydrogen) atoms. The Morgan fingerprint density at radius 3 is 1.73 bits per heavy atom. The van der Waals surface area contributed by atoms with Crippen LogP contribution in [0.15, 0.2) is 97.1 Å². The van der Waals surface area contributed by atoms with Crippen LogP contribution in [0.3, 0.4) is 0 Å². The molecule has 5 aromatic rings. The molecule has 0 aliphatic carbocycles. The standard InChI is InChI=1S/C31H30BN3O2/c1-30(2,36)31(3,4)37-32-24-19-23-17-11-12-18-25(23)26(20-24)29-34-27(21-13-7-5-8-14-21)33-28(35-29)22-15-9-6-10-16-22/h5-20,32,36H,1-4H3. The van der Waals surface area contributed by atoms with Crippen LogP contribution in [0, 0.1) is 0 Å². The van der Waals surface area contributed by atoms with Crippen LogP contribution >= 0.6 is 0 Å². The maximum atomic E-state index is 10.6. The first-order chi connectivity index (χ1) is 17.7. The fourth-order valence-electron chi connectivity index (χ4n) is 4.01. The topological polar surface area (TPSA) is 68.1 Å². The molecule has 184 valence electrons. The quantitative estimate of drug-likeness (QED) is 0.304. The number of aromatic nitrogens is 3. The van der Waals surface area contributed by atoms with Crippen molar-refractivity contribution in [3.05, 3.63) is 97.1 Å². The van der Waals surface area contributed by atoms with Crippen molar-refractivity contribution < 1.29 is 9.76 Å². The highest BCUT2D eigenvalue weighted by Crippen LogP contribution is 2.30. The van der Waals surface area contributed by atoms with E-state index in [2.05, 4.69) is 24.3 Å². The van der Waals surface area contributed by atoms with E-state index in [9.17, 15) is 5.11 Å². The fourth-order valence-corrected chi connectivity index (χ4v) is 4.01. The summed E-state index contributed by atoms with van der Waals surface area (Å²) in [4.78, 5) is 14.7. The first-order valence-electron chi connectivity index (χ1n) is 12.5. The van der Waals surface area contributed by atoms with Gasteiger partial charge in [0.15, 0.2) is 17.5 Å². The molecule has 0 atom stereocenters. The van der Waals surface area contributed by atoms with Crippen molar-refractivity contribution in [2.24, 2.45) is 0 Å². The molecule has 0 unspecified atom stereocenters. The van der Waals surface area contributed by atoms with Gasteiger partial charge in [-0.25, -0.2) is 15.0 Å². The molecule has 6 heteroatoms. The van der Waals surface area contributed by atoms with Crippen molar-refractivity contribution in [1.82, 2.24) is 15.0 Å².